The Morgan fingerprint density at radius 3 is 3.07 bits per heavy atom. The molecule has 0 aliphatic carbocycles. The summed E-state index contributed by atoms with van der Waals surface area (Å²) in [5.74, 6) is 0.611. The predicted octanol–water partition coefficient (Wildman–Crippen LogP) is 2.26. The maximum atomic E-state index is 11.7. The van der Waals surface area contributed by atoms with E-state index in [4.69, 9.17) is 4.74 Å². The Hall–Kier alpha value is -1.03. The van der Waals surface area contributed by atoms with Crippen LogP contribution in [-0.2, 0) is 0 Å². The van der Waals surface area contributed by atoms with Crippen molar-refractivity contribution < 1.29 is 9.53 Å². The fourth-order valence-corrected chi connectivity index (χ4v) is 1.80. The third kappa shape index (κ3) is 2.15. The molecule has 0 radical (unpaired) electrons. The van der Waals surface area contributed by atoms with Gasteiger partial charge in [-0.25, -0.2) is 0 Å². The number of hydrogen-bond donors (Lipinski definition) is 1. The molecule has 0 saturated carbocycles. The van der Waals surface area contributed by atoms with Crippen molar-refractivity contribution in [3.8, 4) is 5.75 Å². The number of benzene rings is 1. The lowest BCUT2D eigenvalue weighted by Crippen LogP contribution is -2.24. The van der Waals surface area contributed by atoms with Gasteiger partial charge in [0.05, 0.1) is 12.1 Å². The number of amides is 1. The summed E-state index contributed by atoms with van der Waals surface area (Å²) in [5.41, 5.74) is 1.70. The molecule has 0 bridgehead atoms. The molecule has 1 atom stereocenters. The van der Waals surface area contributed by atoms with E-state index in [0.717, 1.165) is 5.56 Å². The first-order chi connectivity index (χ1) is 7.18. The molecule has 0 spiro atoms. The molecule has 1 amide bonds. The summed E-state index contributed by atoms with van der Waals surface area (Å²) in [5, 5.41) is 2.79. The molecule has 1 heterocycles. The van der Waals surface area contributed by atoms with Crippen LogP contribution in [0.1, 0.15) is 27.7 Å². The number of carbonyl (C=O) groups excluding carboxylic acids is 1. The minimum atomic E-state index is -0.0579. The van der Waals surface area contributed by atoms with Crippen LogP contribution in [0, 0.1) is 0 Å². The molecular formula is C11H12BrNO2. The Morgan fingerprint density at radius 2 is 2.33 bits per heavy atom. The Labute approximate surface area is 96.9 Å². The Morgan fingerprint density at radius 1 is 1.53 bits per heavy atom. The van der Waals surface area contributed by atoms with Gasteiger partial charge in [-0.1, -0.05) is 22.0 Å². The van der Waals surface area contributed by atoms with Crippen molar-refractivity contribution in [2.75, 3.05) is 13.2 Å². The van der Waals surface area contributed by atoms with Crippen molar-refractivity contribution in [2.45, 2.75) is 11.8 Å². The number of rotatable bonds is 1. The summed E-state index contributed by atoms with van der Waals surface area (Å²) >= 11 is 3.48. The average Bonchev–Trinajstić information content (AvgIpc) is 2.40. The van der Waals surface area contributed by atoms with Crippen molar-refractivity contribution in [1.82, 2.24) is 5.32 Å². The highest BCUT2D eigenvalue weighted by Crippen LogP contribution is 2.28. The third-order valence-corrected chi connectivity index (χ3v) is 2.88. The van der Waals surface area contributed by atoms with E-state index in [1.807, 2.05) is 25.1 Å². The molecule has 3 nitrogen and oxygen atoms in total. The van der Waals surface area contributed by atoms with Crippen molar-refractivity contribution in [2.24, 2.45) is 0 Å². The molecule has 0 fully saturated rings. The van der Waals surface area contributed by atoms with Crippen LogP contribution in [0.4, 0.5) is 0 Å². The van der Waals surface area contributed by atoms with Crippen LogP contribution >= 0.6 is 15.9 Å². The molecular weight excluding hydrogens is 258 g/mol. The molecule has 0 saturated heterocycles. The average molecular weight is 270 g/mol. The van der Waals surface area contributed by atoms with Gasteiger partial charge in [-0.2, -0.15) is 0 Å². The molecule has 2 rings (SSSR count). The van der Waals surface area contributed by atoms with Gasteiger partial charge in [0.2, 0.25) is 0 Å². The summed E-state index contributed by atoms with van der Waals surface area (Å²) < 4.78 is 5.45. The zero-order valence-corrected chi connectivity index (χ0v) is 10.0. The molecule has 4 heteroatoms. The van der Waals surface area contributed by atoms with E-state index in [2.05, 4.69) is 21.2 Å². The van der Waals surface area contributed by atoms with Crippen molar-refractivity contribution >= 4 is 21.8 Å². The van der Waals surface area contributed by atoms with E-state index >= 15 is 0 Å². The van der Waals surface area contributed by atoms with Crippen LogP contribution in [0.5, 0.6) is 5.75 Å². The highest BCUT2D eigenvalue weighted by atomic mass is 79.9. The second kappa shape index (κ2) is 4.23. The fraction of sp³-hybridized carbons (Fsp3) is 0.364. The van der Waals surface area contributed by atoms with E-state index in [1.165, 1.54) is 0 Å². The minimum Gasteiger partial charge on any atom is -0.491 e. The molecule has 1 aliphatic heterocycles. The van der Waals surface area contributed by atoms with Crippen molar-refractivity contribution in [1.29, 1.82) is 0 Å². The first-order valence-corrected chi connectivity index (χ1v) is 5.79. The number of halogens is 1. The lowest BCUT2D eigenvalue weighted by atomic mass is 10.1. The van der Waals surface area contributed by atoms with Crippen LogP contribution in [0.3, 0.4) is 0 Å². The Kier molecular flexibility index (Phi) is 2.95. The number of ether oxygens (including phenoxy) is 1. The zero-order valence-electron chi connectivity index (χ0n) is 8.42. The van der Waals surface area contributed by atoms with E-state index in [0.29, 0.717) is 24.5 Å². The topological polar surface area (TPSA) is 38.3 Å². The monoisotopic (exact) mass is 269 g/mol. The predicted molar refractivity (Wildman–Crippen MR) is 61.6 cm³/mol. The van der Waals surface area contributed by atoms with Crippen LogP contribution < -0.4 is 10.1 Å². The maximum Gasteiger partial charge on any atom is 0.255 e. The summed E-state index contributed by atoms with van der Waals surface area (Å²) in [4.78, 5) is 11.9. The first kappa shape index (κ1) is 10.5. The van der Waals surface area contributed by atoms with Crippen molar-refractivity contribution in [3.63, 3.8) is 0 Å². The van der Waals surface area contributed by atoms with E-state index in [1.54, 1.807) is 0 Å². The molecule has 1 N–H and O–H groups in total. The highest BCUT2D eigenvalue weighted by molar-refractivity contribution is 9.09. The SMILES string of the molecule is CC(Br)c1ccc2c(c1)C(=O)NCCO2. The highest BCUT2D eigenvalue weighted by Gasteiger charge is 2.17. The normalized spacial score (nSPS) is 17.1. The van der Waals surface area contributed by atoms with E-state index in [-0.39, 0.29) is 10.7 Å². The van der Waals surface area contributed by atoms with Gasteiger partial charge in [-0.15, -0.1) is 0 Å². The zero-order chi connectivity index (χ0) is 10.8. The van der Waals surface area contributed by atoms with E-state index < -0.39 is 0 Å². The smallest absolute Gasteiger partial charge is 0.255 e. The van der Waals surface area contributed by atoms with Crippen LogP contribution in [-0.4, -0.2) is 19.1 Å². The maximum absolute atomic E-state index is 11.7. The molecule has 15 heavy (non-hydrogen) atoms. The first-order valence-electron chi connectivity index (χ1n) is 4.87. The molecule has 80 valence electrons. The number of alkyl halides is 1. The summed E-state index contributed by atoms with van der Waals surface area (Å²) in [6.07, 6.45) is 0. The summed E-state index contributed by atoms with van der Waals surface area (Å²) in [6.45, 7) is 3.12. The standard InChI is InChI=1S/C11H12BrNO2/c1-7(12)8-2-3-10-9(6-8)11(14)13-4-5-15-10/h2-3,6-7H,4-5H2,1H3,(H,13,14). The van der Waals surface area contributed by atoms with Gasteiger partial charge in [-0.05, 0) is 24.6 Å². The second-order valence-electron chi connectivity index (χ2n) is 3.48. The third-order valence-electron chi connectivity index (χ3n) is 2.35. The van der Waals surface area contributed by atoms with Crippen LogP contribution in [0.25, 0.3) is 0 Å². The second-order valence-corrected chi connectivity index (χ2v) is 4.85. The molecule has 1 aliphatic rings. The van der Waals surface area contributed by atoms with E-state index in [9.17, 15) is 4.79 Å². The summed E-state index contributed by atoms with van der Waals surface area (Å²) in [6, 6.07) is 5.69. The lowest BCUT2D eigenvalue weighted by Gasteiger charge is -2.09. The molecule has 0 aromatic heterocycles. The number of fused-ring (bicyclic) bond motifs is 1. The van der Waals surface area contributed by atoms with Gasteiger partial charge in [0.15, 0.2) is 0 Å². The number of carbonyl (C=O) groups is 1. The molecule has 1 unspecified atom stereocenters. The van der Waals surface area contributed by atoms with Crippen LogP contribution in [0.2, 0.25) is 0 Å². The quantitative estimate of drug-likeness (QED) is 0.795. The van der Waals surface area contributed by atoms with Gasteiger partial charge >= 0.3 is 0 Å². The lowest BCUT2D eigenvalue weighted by molar-refractivity contribution is 0.0957. The Balaban J connectivity index is 2.44. The van der Waals surface area contributed by atoms with Gasteiger partial charge in [0.1, 0.15) is 12.4 Å². The van der Waals surface area contributed by atoms with Gasteiger partial charge in [-0.3, -0.25) is 4.79 Å². The van der Waals surface area contributed by atoms with Gasteiger partial charge in [0, 0.05) is 4.83 Å². The number of hydrogen-bond acceptors (Lipinski definition) is 2. The largest absolute Gasteiger partial charge is 0.491 e. The fourth-order valence-electron chi connectivity index (χ4n) is 1.52. The number of nitrogens with one attached hydrogen (secondary N) is 1. The van der Waals surface area contributed by atoms with Gasteiger partial charge < -0.3 is 10.1 Å². The molecule has 1 aromatic carbocycles. The summed E-state index contributed by atoms with van der Waals surface area (Å²) in [7, 11) is 0. The Bertz CT molecular complexity index is 390. The minimum absolute atomic E-state index is 0.0579. The van der Waals surface area contributed by atoms with Gasteiger partial charge in [0.25, 0.3) is 5.91 Å². The molecule has 1 aromatic rings. The van der Waals surface area contributed by atoms with Crippen LogP contribution in [0.15, 0.2) is 18.2 Å². The van der Waals surface area contributed by atoms with Crippen molar-refractivity contribution in [3.05, 3.63) is 29.3 Å².